The molecule has 0 unspecified atom stereocenters. The number of nitrogens with zero attached hydrogens (tertiary/aromatic N) is 1. The molecule has 106 valence electrons. The lowest BCUT2D eigenvalue weighted by molar-refractivity contribution is -0.139. The van der Waals surface area contributed by atoms with E-state index in [1.807, 2.05) is 0 Å². The molecule has 0 radical (unpaired) electrons. The van der Waals surface area contributed by atoms with Crippen LogP contribution in [-0.2, 0) is 6.18 Å². The standard InChI is InChI=1S/C12H8F3NO2S2/c1-6-9(10(17)18)20-11(16-6)19-8-5-3-2-4-7(8)12(13,14)15/h2-5H,1H3,(H,17,18). The number of halogens is 3. The zero-order valence-electron chi connectivity index (χ0n) is 10.1. The molecule has 1 aromatic heterocycles. The first-order valence-electron chi connectivity index (χ1n) is 5.34. The summed E-state index contributed by atoms with van der Waals surface area (Å²) in [6, 6.07) is 5.13. The number of hydrogen-bond donors (Lipinski definition) is 1. The highest BCUT2D eigenvalue weighted by Crippen LogP contribution is 2.40. The lowest BCUT2D eigenvalue weighted by Crippen LogP contribution is -2.06. The molecule has 3 nitrogen and oxygen atoms in total. The minimum Gasteiger partial charge on any atom is -0.477 e. The van der Waals surface area contributed by atoms with E-state index in [9.17, 15) is 18.0 Å². The summed E-state index contributed by atoms with van der Waals surface area (Å²) in [6.07, 6.45) is -4.45. The normalized spacial score (nSPS) is 11.6. The van der Waals surface area contributed by atoms with Crippen LogP contribution >= 0.6 is 23.1 Å². The van der Waals surface area contributed by atoms with Crippen LogP contribution < -0.4 is 0 Å². The van der Waals surface area contributed by atoms with Crippen molar-refractivity contribution in [3.63, 3.8) is 0 Å². The molecule has 0 aliphatic heterocycles. The highest BCUT2D eigenvalue weighted by molar-refractivity contribution is 8.01. The molecular formula is C12H8F3NO2S2. The third kappa shape index (κ3) is 3.13. The molecule has 20 heavy (non-hydrogen) atoms. The summed E-state index contributed by atoms with van der Waals surface area (Å²) in [7, 11) is 0. The molecule has 0 aliphatic rings. The van der Waals surface area contributed by atoms with E-state index in [1.54, 1.807) is 0 Å². The number of carboxylic acids is 1. The average molecular weight is 319 g/mol. The fourth-order valence-electron chi connectivity index (χ4n) is 1.50. The first-order valence-corrected chi connectivity index (χ1v) is 6.97. The Hall–Kier alpha value is -1.54. The SMILES string of the molecule is Cc1nc(Sc2ccccc2C(F)(F)F)sc1C(=O)O. The number of alkyl halides is 3. The zero-order chi connectivity index (χ0) is 14.9. The van der Waals surface area contributed by atoms with Gasteiger partial charge in [-0.25, -0.2) is 9.78 Å². The first-order chi connectivity index (χ1) is 9.29. The van der Waals surface area contributed by atoms with Gasteiger partial charge in [0.2, 0.25) is 0 Å². The molecule has 0 spiro atoms. The predicted molar refractivity (Wildman–Crippen MR) is 69.4 cm³/mol. The van der Waals surface area contributed by atoms with E-state index in [2.05, 4.69) is 4.98 Å². The van der Waals surface area contributed by atoms with Crippen molar-refractivity contribution in [2.75, 3.05) is 0 Å². The van der Waals surface area contributed by atoms with Gasteiger partial charge in [0.05, 0.1) is 11.3 Å². The van der Waals surface area contributed by atoms with Crippen molar-refractivity contribution in [2.45, 2.75) is 22.3 Å². The molecule has 0 saturated heterocycles. The number of carboxylic acid groups (broad SMARTS) is 1. The average Bonchev–Trinajstić information content (AvgIpc) is 2.69. The molecule has 0 aliphatic carbocycles. The summed E-state index contributed by atoms with van der Waals surface area (Å²) in [6.45, 7) is 1.51. The molecule has 2 aromatic rings. The Balaban J connectivity index is 2.36. The quantitative estimate of drug-likeness (QED) is 0.915. The van der Waals surface area contributed by atoms with Crippen LogP contribution in [0.1, 0.15) is 20.9 Å². The Morgan fingerprint density at radius 1 is 1.35 bits per heavy atom. The van der Waals surface area contributed by atoms with Crippen LogP contribution in [-0.4, -0.2) is 16.1 Å². The van der Waals surface area contributed by atoms with Crippen LogP contribution in [0.15, 0.2) is 33.5 Å². The number of aromatic nitrogens is 1. The van der Waals surface area contributed by atoms with Crippen LogP contribution in [0.5, 0.6) is 0 Å². The van der Waals surface area contributed by atoms with Crippen molar-refractivity contribution >= 4 is 29.1 Å². The summed E-state index contributed by atoms with van der Waals surface area (Å²) >= 11 is 1.68. The lowest BCUT2D eigenvalue weighted by atomic mass is 10.2. The summed E-state index contributed by atoms with van der Waals surface area (Å²) in [5, 5.41) is 8.91. The van der Waals surface area contributed by atoms with E-state index in [1.165, 1.54) is 25.1 Å². The first kappa shape index (κ1) is 14.9. The van der Waals surface area contributed by atoms with Gasteiger partial charge in [0.15, 0.2) is 4.34 Å². The van der Waals surface area contributed by atoms with E-state index >= 15 is 0 Å². The Bertz CT molecular complexity index is 652. The summed E-state index contributed by atoms with van der Waals surface area (Å²) < 4.78 is 38.8. The number of aryl methyl sites for hydroxylation is 1. The van der Waals surface area contributed by atoms with Crippen LogP contribution in [0.25, 0.3) is 0 Å². The van der Waals surface area contributed by atoms with Crippen LogP contribution in [0, 0.1) is 6.92 Å². The van der Waals surface area contributed by atoms with E-state index in [4.69, 9.17) is 5.11 Å². The Morgan fingerprint density at radius 3 is 2.55 bits per heavy atom. The van der Waals surface area contributed by atoms with Crippen molar-refractivity contribution in [1.29, 1.82) is 0 Å². The molecule has 0 bridgehead atoms. The Morgan fingerprint density at radius 2 is 2.00 bits per heavy atom. The number of rotatable bonds is 3. The molecule has 0 fully saturated rings. The highest BCUT2D eigenvalue weighted by Gasteiger charge is 2.33. The van der Waals surface area contributed by atoms with Gasteiger partial charge in [-0.1, -0.05) is 23.9 Å². The van der Waals surface area contributed by atoms with Crippen molar-refractivity contribution < 1.29 is 23.1 Å². The fourth-order valence-corrected chi connectivity index (χ4v) is 3.63. The molecule has 8 heteroatoms. The van der Waals surface area contributed by atoms with Crippen molar-refractivity contribution in [3.05, 3.63) is 40.4 Å². The van der Waals surface area contributed by atoms with Crippen LogP contribution in [0.4, 0.5) is 13.2 Å². The van der Waals surface area contributed by atoms with Crippen molar-refractivity contribution in [3.8, 4) is 0 Å². The van der Waals surface area contributed by atoms with E-state index in [0.29, 0.717) is 5.69 Å². The van der Waals surface area contributed by atoms with Crippen molar-refractivity contribution in [1.82, 2.24) is 4.98 Å². The zero-order valence-corrected chi connectivity index (χ0v) is 11.7. The summed E-state index contributed by atoms with van der Waals surface area (Å²) in [5.41, 5.74) is -0.454. The second-order valence-corrected chi connectivity index (χ2v) is 6.08. The van der Waals surface area contributed by atoms with Gasteiger partial charge in [0.1, 0.15) is 4.88 Å². The topological polar surface area (TPSA) is 50.2 Å². The van der Waals surface area contributed by atoms with Gasteiger partial charge >= 0.3 is 12.1 Å². The van der Waals surface area contributed by atoms with Gasteiger partial charge in [0.25, 0.3) is 0 Å². The minimum absolute atomic E-state index is 0.00527. The maximum atomic E-state index is 12.8. The lowest BCUT2D eigenvalue weighted by Gasteiger charge is -2.10. The van der Waals surface area contributed by atoms with Gasteiger partial charge in [-0.15, -0.1) is 11.3 Å². The number of carbonyl (C=O) groups is 1. The maximum absolute atomic E-state index is 12.8. The third-order valence-corrected chi connectivity index (χ3v) is 4.64. The maximum Gasteiger partial charge on any atom is 0.417 e. The highest BCUT2D eigenvalue weighted by atomic mass is 32.2. The molecule has 1 heterocycles. The number of aromatic carboxylic acids is 1. The van der Waals surface area contributed by atoms with Crippen LogP contribution in [0.3, 0.4) is 0 Å². The molecular weight excluding hydrogens is 311 g/mol. The van der Waals surface area contributed by atoms with E-state index < -0.39 is 17.7 Å². The second-order valence-electron chi connectivity index (χ2n) is 3.80. The Labute approximate surface area is 120 Å². The smallest absolute Gasteiger partial charge is 0.417 e. The van der Waals surface area contributed by atoms with Gasteiger partial charge in [-0.3, -0.25) is 0 Å². The van der Waals surface area contributed by atoms with Gasteiger partial charge < -0.3 is 5.11 Å². The number of benzene rings is 1. The van der Waals surface area contributed by atoms with Gasteiger partial charge in [-0.2, -0.15) is 13.2 Å². The van der Waals surface area contributed by atoms with E-state index in [0.717, 1.165) is 29.2 Å². The van der Waals surface area contributed by atoms with Crippen LogP contribution in [0.2, 0.25) is 0 Å². The molecule has 1 N–H and O–H groups in total. The number of thiazole rings is 1. The third-order valence-electron chi connectivity index (χ3n) is 2.36. The molecule has 0 atom stereocenters. The largest absolute Gasteiger partial charge is 0.477 e. The molecule has 1 aromatic carbocycles. The van der Waals surface area contributed by atoms with Crippen molar-refractivity contribution in [2.24, 2.45) is 0 Å². The molecule has 0 amide bonds. The number of hydrogen-bond acceptors (Lipinski definition) is 4. The molecule has 0 saturated carbocycles. The van der Waals surface area contributed by atoms with Gasteiger partial charge in [0, 0.05) is 4.90 Å². The molecule has 2 rings (SSSR count). The summed E-state index contributed by atoms with van der Waals surface area (Å²) in [4.78, 5) is 14.9. The van der Waals surface area contributed by atoms with Gasteiger partial charge in [-0.05, 0) is 19.1 Å². The predicted octanol–water partition coefficient (Wildman–Crippen LogP) is 4.32. The summed E-state index contributed by atoms with van der Waals surface area (Å²) in [5.74, 6) is -1.13. The monoisotopic (exact) mass is 319 g/mol. The fraction of sp³-hybridized carbons (Fsp3) is 0.167. The Kier molecular flexibility index (Phi) is 4.05. The minimum atomic E-state index is -4.45. The second kappa shape index (κ2) is 5.45. The van der Waals surface area contributed by atoms with E-state index in [-0.39, 0.29) is 14.1 Å².